The topological polar surface area (TPSA) is 84.2 Å². The van der Waals surface area contributed by atoms with Gasteiger partial charge in [-0.3, -0.25) is 4.79 Å². The van der Waals surface area contributed by atoms with Crippen molar-refractivity contribution in [1.82, 2.24) is 9.61 Å². The van der Waals surface area contributed by atoms with Gasteiger partial charge in [0, 0.05) is 23.2 Å². The summed E-state index contributed by atoms with van der Waals surface area (Å²) in [5, 5.41) is 13.4. The van der Waals surface area contributed by atoms with E-state index in [9.17, 15) is 4.79 Å². The molecule has 2 aromatic rings. The van der Waals surface area contributed by atoms with E-state index in [0.29, 0.717) is 5.56 Å². The van der Waals surface area contributed by atoms with E-state index in [1.807, 2.05) is 20.0 Å². The summed E-state index contributed by atoms with van der Waals surface area (Å²) in [4.78, 5) is 11.6. The molecular formula is C15H16N4O. The Hall–Kier alpha value is -2.35. The minimum Gasteiger partial charge on any atom is -0.366 e. The predicted molar refractivity (Wildman–Crippen MR) is 74.3 cm³/mol. The average Bonchev–Trinajstić information content (AvgIpc) is 3.07. The number of pyridine rings is 1. The van der Waals surface area contributed by atoms with E-state index in [1.165, 1.54) is 0 Å². The quantitative estimate of drug-likeness (QED) is 0.925. The fraction of sp³-hybridized carbons (Fsp3) is 0.400. The van der Waals surface area contributed by atoms with Crippen molar-refractivity contribution < 1.29 is 4.79 Å². The highest BCUT2D eigenvalue weighted by Crippen LogP contribution is 2.49. The van der Waals surface area contributed by atoms with E-state index in [1.54, 1.807) is 16.8 Å². The van der Waals surface area contributed by atoms with Gasteiger partial charge < -0.3 is 5.73 Å². The van der Waals surface area contributed by atoms with E-state index < -0.39 is 5.91 Å². The number of carbonyl (C=O) groups excluding carboxylic acids is 1. The third-order valence-electron chi connectivity index (χ3n) is 3.95. The van der Waals surface area contributed by atoms with Crippen LogP contribution in [0.2, 0.25) is 0 Å². The van der Waals surface area contributed by atoms with Crippen molar-refractivity contribution in [2.75, 3.05) is 0 Å². The van der Waals surface area contributed by atoms with Gasteiger partial charge in [0.05, 0.1) is 23.7 Å². The number of nitrogens with two attached hydrogens (primary N) is 1. The first-order valence-corrected chi connectivity index (χ1v) is 6.74. The Labute approximate surface area is 117 Å². The minimum absolute atomic E-state index is 0.0697. The van der Waals surface area contributed by atoms with Gasteiger partial charge in [0.1, 0.15) is 0 Å². The van der Waals surface area contributed by atoms with Gasteiger partial charge in [-0.05, 0) is 24.0 Å². The van der Waals surface area contributed by atoms with Crippen molar-refractivity contribution in [1.29, 1.82) is 5.26 Å². The molecule has 2 atom stereocenters. The van der Waals surface area contributed by atoms with Crippen molar-refractivity contribution in [3.05, 3.63) is 35.2 Å². The molecule has 2 heterocycles. The highest BCUT2D eigenvalue weighted by atomic mass is 16.1. The maximum Gasteiger partial charge on any atom is 0.249 e. The first-order chi connectivity index (χ1) is 9.54. The molecule has 0 radical (unpaired) electrons. The Bertz CT molecular complexity index is 738. The van der Waals surface area contributed by atoms with Crippen molar-refractivity contribution in [2.24, 2.45) is 11.7 Å². The molecule has 102 valence electrons. The smallest absolute Gasteiger partial charge is 0.249 e. The van der Waals surface area contributed by atoms with Gasteiger partial charge in [-0.15, -0.1) is 0 Å². The molecule has 5 nitrogen and oxygen atoms in total. The summed E-state index contributed by atoms with van der Waals surface area (Å²) in [5.41, 5.74) is 8.96. The van der Waals surface area contributed by atoms with Crippen LogP contribution in [0.4, 0.5) is 0 Å². The fourth-order valence-electron chi connectivity index (χ4n) is 2.88. The molecule has 0 aromatic carbocycles. The van der Waals surface area contributed by atoms with Gasteiger partial charge in [-0.25, -0.2) is 4.52 Å². The minimum atomic E-state index is -0.420. The van der Waals surface area contributed by atoms with E-state index in [0.717, 1.165) is 23.1 Å². The fourth-order valence-corrected chi connectivity index (χ4v) is 2.88. The zero-order valence-corrected chi connectivity index (χ0v) is 11.5. The third-order valence-corrected chi connectivity index (χ3v) is 3.95. The lowest BCUT2D eigenvalue weighted by Crippen LogP contribution is -2.16. The molecule has 0 saturated heterocycles. The summed E-state index contributed by atoms with van der Waals surface area (Å²) < 4.78 is 1.78. The monoisotopic (exact) mass is 268 g/mol. The van der Waals surface area contributed by atoms with Gasteiger partial charge in [0.25, 0.3) is 0 Å². The molecule has 1 saturated carbocycles. The van der Waals surface area contributed by atoms with E-state index >= 15 is 0 Å². The molecule has 1 aliphatic rings. The second-order valence-corrected chi connectivity index (χ2v) is 5.63. The van der Waals surface area contributed by atoms with E-state index in [2.05, 4.69) is 11.2 Å². The number of hydrogen-bond donors (Lipinski definition) is 1. The summed E-state index contributed by atoms with van der Waals surface area (Å²) in [6, 6.07) is 4.02. The molecule has 0 bridgehead atoms. The second-order valence-electron chi connectivity index (χ2n) is 5.63. The Morgan fingerprint density at radius 2 is 2.35 bits per heavy atom. The van der Waals surface area contributed by atoms with Crippen molar-refractivity contribution in [2.45, 2.75) is 32.1 Å². The van der Waals surface area contributed by atoms with Gasteiger partial charge in [0.2, 0.25) is 5.91 Å². The number of primary amides is 1. The van der Waals surface area contributed by atoms with Crippen LogP contribution in [0.15, 0.2) is 18.5 Å². The van der Waals surface area contributed by atoms with Crippen LogP contribution in [0.3, 0.4) is 0 Å². The Kier molecular flexibility index (Phi) is 2.75. The van der Waals surface area contributed by atoms with Gasteiger partial charge in [-0.2, -0.15) is 10.4 Å². The second kappa shape index (κ2) is 4.34. The molecule has 1 fully saturated rings. The molecule has 1 aliphatic carbocycles. The lowest BCUT2D eigenvalue weighted by Gasteiger charge is -2.13. The molecule has 3 rings (SSSR count). The van der Waals surface area contributed by atoms with Crippen LogP contribution in [-0.2, 0) is 0 Å². The molecule has 0 unspecified atom stereocenters. The lowest BCUT2D eigenvalue weighted by molar-refractivity contribution is 0.0999. The van der Waals surface area contributed by atoms with Crippen LogP contribution in [0.25, 0.3) is 5.52 Å². The standard InChI is InChI=1S/C15H16N4O/c1-8(2)13-10(15(17)20)3-4-19-14(13)12(7-18-19)11-5-9(11)6-16/h3-4,7-9,11H,5H2,1-2H3,(H2,17,20)/t9-,11-/m1/s1. The third kappa shape index (κ3) is 1.76. The van der Waals surface area contributed by atoms with E-state index in [4.69, 9.17) is 11.0 Å². The number of amides is 1. The molecule has 0 spiro atoms. The van der Waals surface area contributed by atoms with Crippen LogP contribution in [0.1, 0.15) is 53.6 Å². The first kappa shape index (κ1) is 12.7. The SMILES string of the molecule is CC(C)c1c(C(N)=O)ccn2ncc([C@@H]3C[C@@H]3C#N)c12. The molecule has 0 aliphatic heterocycles. The lowest BCUT2D eigenvalue weighted by atomic mass is 9.94. The number of nitriles is 1. The number of fused-ring (bicyclic) bond motifs is 1. The van der Waals surface area contributed by atoms with Crippen LogP contribution < -0.4 is 5.73 Å². The number of rotatable bonds is 3. The predicted octanol–water partition coefficient (Wildman–Crippen LogP) is 2.18. The maximum atomic E-state index is 11.6. The van der Waals surface area contributed by atoms with Crippen LogP contribution in [0.5, 0.6) is 0 Å². The van der Waals surface area contributed by atoms with Crippen molar-refractivity contribution >= 4 is 11.4 Å². The molecular weight excluding hydrogens is 252 g/mol. The van der Waals surface area contributed by atoms with Gasteiger partial charge >= 0.3 is 0 Å². The maximum absolute atomic E-state index is 11.6. The number of carbonyl (C=O) groups is 1. The normalized spacial score (nSPS) is 21.1. The van der Waals surface area contributed by atoms with Crippen molar-refractivity contribution in [3.8, 4) is 6.07 Å². The highest BCUT2D eigenvalue weighted by molar-refractivity contribution is 5.96. The summed E-state index contributed by atoms with van der Waals surface area (Å²) in [5.74, 6) is 0.0466. The largest absolute Gasteiger partial charge is 0.366 e. The molecule has 20 heavy (non-hydrogen) atoms. The molecule has 1 amide bonds. The first-order valence-electron chi connectivity index (χ1n) is 6.74. The Morgan fingerprint density at radius 3 is 2.90 bits per heavy atom. The zero-order chi connectivity index (χ0) is 14.4. The number of nitrogens with zero attached hydrogens (tertiary/aromatic N) is 3. The summed E-state index contributed by atoms with van der Waals surface area (Å²) in [6.45, 7) is 4.07. The van der Waals surface area contributed by atoms with Crippen LogP contribution in [-0.4, -0.2) is 15.5 Å². The van der Waals surface area contributed by atoms with E-state index in [-0.39, 0.29) is 17.8 Å². The van der Waals surface area contributed by atoms with Crippen LogP contribution in [0, 0.1) is 17.2 Å². The summed E-state index contributed by atoms with van der Waals surface area (Å²) >= 11 is 0. The Morgan fingerprint density at radius 1 is 1.60 bits per heavy atom. The zero-order valence-electron chi connectivity index (χ0n) is 11.5. The van der Waals surface area contributed by atoms with Gasteiger partial charge in [0.15, 0.2) is 0 Å². The average molecular weight is 268 g/mol. The summed E-state index contributed by atoms with van der Waals surface area (Å²) in [6.07, 6.45) is 4.44. The van der Waals surface area contributed by atoms with Crippen molar-refractivity contribution in [3.63, 3.8) is 0 Å². The van der Waals surface area contributed by atoms with Gasteiger partial charge in [-0.1, -0.05) is 13.8 Å². The number of aromatic nitrogens is 2. The van der Waals surface area contributed by atoms with Crippen LogP contribution >= 0.6 is 0 Å². The molecule has 5 heteroatoms. The Balaban J connectivity index is 2.27. The highest BCUT2D eigenvalue weighted by Gasteiger charge is 2.41. The number of hydrogen-bond acceptors (Lipinski definition) is 3. The molecule has 2 N–H and O–H groups in total. The summed E-state index contributed by atoms with van der Waals surface area (Å²) in [7, 11) is 0. The molecule has 2 aromatic heterocycles.